The van der Waals surface area contributed by atoms with Gasteiger partial charge in [0.2, 0.25) is 0 Å². The number of carbonyl (C=O) groups excluding carboxylic acids is 1. The first kappa shape index (κ1) is 27.3. The van der Waals surface area contributed by atoms with Crippen molar-refractivity contribution in [3.63, 3.8) is 0 Å². The van der Waals surface area contributed by atoms with Gasteiger partial charge in [-0.1, -0.05) is 29.8 Å². The van der Waals surface area contributed by atoms with Gasteiger partial charge in [0.1, 0.15) is 12.2 Å². The van der Waals surface area contributed by atoms with Crippen LogP contribution in [0.15, 0.2) is 54.6 Å². The van der Waals surface area contributed by atoms with Crippen LogP contribution in [-0.2, 0) is 11.1 Å². The summed E-state index contributed by atoms with van der Waals surface area (Å²) in [4.78, 5) is 17.8. The van der Waals surface area contributed by atoms with Crippen molar-refractivity contribution in [3.05, 3.63) is 77.0 Å². The first-order chi connectivity index (χ1) is 16.9. The van der Waals surface area contributed by atoms with E-state index in [-0.39, 0.29) is 31.8 Å². The number of ketones is 1. The third-order valence-electron chi connectivity index (χ3n) is 6.14. The van der Waals surface area contributed by atoms with E-state index in [4.69, 9.17) is 25.3 Å². The summed E-state index contributed by atoms with van der Waals surface area (Å²) in [5.41, 5.74) is 8.93. The molecule has 0 aliphatic carbocycles. The van der Waals surface area contributed by atoms with E-state index in [2.05, 4.69) is 0 Å². The summed E-state index contributed by atoms with van der Waals surface area (Å²) in [5, 5.41) is 20.5. The summed E-state index contributed by atoms with van der Waals surface area (Å²) >= 11 is 0. The molecule has 0 spiro atoms. The molecule has 0 amide bonds. The average molecular weight is 493 g/mol. The van der Waals surface area contributed by atoms with Crippen molar-refractivity contribution in [3.8, 4) is 22.8 Å². The molecule has 0 aliphatic heterocycles. The molecule has 3 rings (SSSR count). The Hall–Kier alpha value is -3.26. The molecule has 0 saturated carbocycles. The molecule has 36 heavy (non-hydrogen) atoms. The van der Waals surface area contributed by atoms with Crippen LogP contribution in [0.1, 0.15) is 60.8 Å². The number of aliphatic hydroxyl groups excluding tert-OH is 1. The lowest BCUT2D eigenvalue weighted by molar-refractivity contribution is 0.0396. The molecule has 0 saturated heterocycles. The van der Waals surface area contributed by atoms with Crippen molar-refractivity contribution in [1.29, 1.82) is 0 Å². The van der Waals surface area contributed by atoms with E-state index in [0.29, 0.717) is 28.5 Å². The molecule has 1 aromatic heterocycles. The quantitative estimate of drug-likeness (QED) is 0.338. The van der Waals surface area contributed by atoms with E-state index >= 15 is 0 Å². The molecule has 2 aromatic carbocycles. The smallest absolute Gasteiger partial charge is 0.163 e. The highest BCUT2D eigenvalue weighted by molar-refractivity contribution is 5.96. The van der Waals surface area contributed by atoms with Gasteiger partial charge in [-0.25, -0.2) is 4.98 Å². The fraction of sp³-hybridized carbons (Fsp3) is 0.379. The van der Waals surface area contributed by atoms with E-state index in [1.165, 1.54) is 7.11 Å². The summed E-state index contributed by atoms with van der Waals surface area (Å²) < 4.78 is 10.8. The Morgan fingerprint density at radius 2 is 1.72 bits per heavy atom. The average Bonchev–Trinajstić information content (AvgIpc) is 2.85. The Morgan fingerprint density at radius 1 is 1.03 bits per heavy atom. The maximum atomic E-state index is 13.0. The molecule has 3 aromatic rings. The molecule has 0 fully saturated rings. The van der Waals surface area contributed by atoms with Crippen molar-refractivity contribution in [2.75, 3.05) is 20.3 Å². The number of benzene rings is 2. The number of nitrogens with zero attached hydrogens (tertiary/aromatic N) is 1. The molecule has 0 aliphatic rings. The van der Waals surface area contributed by atoms with Gasteiger partial charge in [-0.05, 0) is 70.0 Å². The van der Waals surface area contributed by atoms with Gasteiger partial charge in [0.15, 0.2) is 17.3 Å². The van der Waals surface area contributed by atoms with Crippen LogP contribution in [-0.4, -0.2) is 41.3 Å². The highest BCUT2D eigenvalue weighted by atomic mass is 16.5. The number of hydrogen-bond acceptors (Lipinski definition) is 7. The maximum Gasteiger partial charge on any atom is 0.163 e. The number of pyridine rings is 1. The molecule has 1 atom stereocenters. The molecule has 0 radical (unpaired) electrons. The SMILES string of the molecule is COc1ccc(C(=O)CCC(C)(O)c2cc(C(C)(C)N)cc(-c3ccc(C)cc3)n2)cc1OCCO. The lowest BCUT2D eigenvalue weighted by atomic mass is 9.88. The number of aryl methyl sites for hydroxylation is 1. The highest BCUT2D eigenvalue weighted by Crippen LogP contribution is 2.33. The summed E-state index contributed by atoms with van der Waals surface area (Å²) in [6, 6.07) is 16.7. The van der Waals surface area contributed by atoms with E-state index in [9.17, 15) is 9.90 Å². The second-order valence-electron chi connectivity index (χ2n) is 9.85. The Kier molecular flexibility index (Phi) is 8.51. The first-order valence-electron chi connectivity index (χ1n) is 12.0. The molecule has 1 heterocycles. The Morgan fingerprint density at radius 3 is 2.33 bits per heavy atom. The van der Waals surface area contributed by atoms with Crippen molar-refractivity contribution in [1.82, 2.24) is 4.98 Å². The molecule has 1 unspecified atom stereocenters. The zero-order valence-electron chi connectivity index (χ0n) is 21.7. The zero-order valence-corrected chi connectivity index (χ0v) is 21.7. The monoisotopic (exact) mass is 492 g/mol. The molecular formula is C29H36N2O5. The third-order valence-corrected chi connectivity index (χ3v) is 6.14. The third kappa shape index (κ3) is 6.69. The second-order valence-corrected chi connectivity index (χ2v) is 9.85. The lowest BCUT2D eigenvalue weighted by Crippen LogP contribution is -2.31. The number of methoxy groups -OCH3 is 1. The van der Waals surface area contributed by atoms with Crippen molar-refractivity contribution in [2.24, 2.45) is 5.73 Å². The Labute approximate surface area is 212 Å². The molecule has 7 heteroatoms. The number of carbonyl (C=O) groups is 1. The van der Waals surface area contributed by atoms with Crippen molar-refractivity contribution in [2.45, 2.75) is 51.7 Å². The first-order valence-corrected chi connectivity index (χ1v) is 12.0. The van der Waals surface area contributed by atoms with Gasteiger partial charge in [-0.2, -0.15) is 0 Å². The Balaban J connectivity index is 1.87. The normalized spacial score (nSPS) is 13.2. The van der Waals surface area contributed by atoms with Crippen LogP contribution >= 0.6 is 0 Å². The minimum absolute atomic E-state index is 0.0888. The van der Waals surface area contributed by atoms with Gasteiger partial charge in [0.25, 0.3) is 0 Å². The fourth-order valence-corrected chi connectivity index (χ4v) is 3.80. The second kappa shape index (κ2) is 11.2. The number of nitrogens with two attached hydrogens (primary N) is 1. The molecule has 7 nitrogen and oxygen atoms in total. The number of hydrogen-bond donors (Lipinski definition) is 3. The van der Waals surface area contributed by atoms with Crippen LogP contribution in [0, 0.1) is 6.92 Å². The van der Waals surface area contributed by atoms with Crippen molar-refractivity contribution < 1.29 is 24.5 Å². The standard InChI is InChI=1S/C29H36N2O5/c1-19-6-8-20(9-7-19)23-17-22(28(2,3)30)18-27(31-23)29(4,34)13-12-24(33)21-10-11-25(35-5)26(16-21)36-15-14-32/h6-11,16-18,32,34H,12-15,30H2,1-5H3. The van der Waals surface area contributed by atoms with Gasteiger partial charge in [-0.15, -0.1) is 0 Å². The van der Waals surface area contributed by atoms with Crippen LogP contribution in [0.2, 0.25) is 0 Å². The number of aromatic nitrogens is 1. The number of rotatable bonds is 11. The van der Waals surface area contributed by atoms with E-state index < -0.39 is 11.1 Å². The predicted molar refractivity (Wildman–Crippen MR) is 140 cm³/mol. The Bertz CT molecular complexity index is 1200. The maximum absolute atomic E-state index is 13.0. The van der Waals surface area contributed by atoms with Gasteiger partial charge < -0.3 is 25.4 Å². The number of aliphatic hydroxyl groups is 2. The van der Waals surface area contributed by atoms with Crippen LogP contribution in [0.5, 0.6) is 11.5 Å². The molecule has 0 bridgehead atoms. The van der Waals surface area contributed by atoms with E-state index in [0.717, 1.165) is 16.7 Å². The lowest BCUT2D eigenvalue weighted by Gasteiger charge is -2.27. The summed E-state index contributed by atoms with van der Waals surface area (Å²) in [5.74, 6) is 0.702. The number of ether oxygens (including phenoxy) is 2. The number of Topliss-reactive ketones (excluding diaryl/α,β-unsaturated/α-hetero) is 1. The van der Waals surface area contributed by atoms with Gasteiger partial charge in [0.05, 0.1) is 25.1 Å². The summed E-state index contributed by atoms with van der Waals surface area (Å²) in [6.45, 7) is 7.44. The zero-order chi connectivity index (χ0) is 26.5. The minimum atomic E-state index is -1.36. The van der Waals surface area contributed by atoms with Crippen molar-refractivity contribution >= 4 is 5.78 Å². The minimum Gasteiger partial charge on any atom is -0.493 e. The summed E-state index contributed by atoms with van der Waals surface area (Å²) in [6.07, 6.45) is 0.260. The van der Waals surface area contributed by atoms with Crippen LogP contribution in [0.4, 0.5) is 0 Å². The van der Waals surface area contributed by atoms with E-state index in [1.54, 1.807) is 25.1 Å². The topological polar surface area (TPSA) is 115 Å². The molecule has 192 valence electrons. The van der Waals surface area contributed by atoms with Crippen LogP contribution in [0.25, 0.3) is 11.3 Å². The predicted octanol–water partition coefficient (Wildman–Crippen LogP) is 4.50. The van der Waals surface area contributed by atoms with Crippen LogP contribution in [0.3, 0.4) is 0 Å². The largest absolute Gasteiger partial charge is 0.493 e. The van der Waals surface area contributed by atoms with Gasteiger partial charge >= 0.3 is 0 Å². The highest BCUT2D eigenvalue weighted by Gasteiger charge is 2.29. The summed E-state index contributed by atoms with van der Waals surface area (Å²) in [7, 11) is 1.51. The van der Waals surface area contributed by atoms with Gasteiger partial charge in [0, 0.05) is 23.1 Å². The fourth-order valence-electron chi connectivity index (χ4n) is 3.80. The van der Waals surface area contributed by atoms with Crippen LogP contribution < -0.4 is 15.2 Å². The molecular weight excluding hydrogens is 456 g/mol. The molecule has 4 N–H and O–H groups in total. The van der Waals surface area contributed by atoms with E-state index in [1.807, 2.05) is 57.2 Å². The van der Waals surface area contributed by atoms with Gasteiger partial charge in [-0.3, -0.25) is 4.79 Å².